The second-order valence-corrected chi connectivity index (χ2v) is 7.95. The summed E-state index contributed by atoms with van der Waals surface area (Å²) in [5.74, 6) is 1.87. The van der Waals surface area contributed by atoms with Gasteiger partial charge in [-0.2, -0.15) is 0 Å². The van der Waals surface area contributed by atoms with Crippen LogP contribution >= 0.6 is 11.8 Å². The van der Waals surface area contributed by atoms with Crippen LogP contribution in [-0.2, 0) is 11.3 Å². The Morgan fingerprint density at radius 3 is 2.40 bits per heavy atom. The number of rotatable bonds is 9. The fourth-order valence-corrected chi connectivity index (χ4v) is 4.03. The predicted octanol–water partition coefficient (Wildman–Crippen LogP) is 4.64. The largest absolute Gasteiger partial charge is 0.497 e. The lowest BCUT2D eigenvalue weighted by Crippen LogP contribution is -2.29. The number of methoxy groups -OCH3 is 1. The Morgan fingerprint density at radius 2 is 1.80 bits per heavy atom. The zero-order chi connectivity index (χ0) is 21.5. The molecule has 0 spiro atoms. The molecule has 0 aliphatic carbocycles. The van der Waals surface area contributed by atoms with Crippen LogP contribution in [0.5, 0.6) is 5.75 Å². The van der Waals surface area contributed by atoms with E-state index in [1.54, 1.807) is 7.11 Å². The van der Waals surface area contributed by atoms with Gasteiger partial charge in [-0.3, -0.25) is 4.79 Å². The van der Waals surface area contributed by atoms with Crippen LogP contribution in [0.25, 0.3) is 11.4 Å². The summed E-state index contributed by atoms with van der Waals surface area (Å²) in [6.45, 7) is 6.90. The third-order valence-corrected chi connectivity index (χ3v) is 5.90. The maximum Gasteiger partial charge on any atom is 0.230 e. The van der Waals surface area contributed by atoms with E-state index in [9.17, 15) is 4.79 Å². The molecule has 0 bridgehead atoms. The van der Waals surface area contributed by atoms with E-state index in [0.717, 1.165) is 40.8 Å². The highest BCUT2D eigenvalue weighted by Gasteiger charge is 2.17. The first-order chi connectivity index (χ1) is 14.5. The predicted molar refractivity (Wildman–Crippen MR) is 121 cm³/mol. The monoisotopic (exact) mass is 424 g/mol. The van der Waals surface area contributed by atoms with Crippen molar-refractivity contribution >= 4 is 17.7 Å². The number of benzene rings is 2. The third kappa shape index (κ3) is 5.21. The normalized spacial score (nSPS) is 11.9. The maximum atomic E-state index is 12.6. The Morgan fingerprint density at radius 1 is 1.10 bits per heavy atom. The van der Waals surface area contributed by atoms with E-state index in [1.807, 2.05) is 35.8 Å². The molecule has 6 nitrogen and oxygen atoms in total. The molecule has 0 fully saturated rings. The molecule has 1 aromatic heterocycles. The van der Waals surface area contributed by atoms with Gasteiger partial charge in [0.2, 0.25) is 5.91 Å². The Hall–Kier alpha value is -2.80. The minimum atomic E-state index is -0.0101. The van der Waals surface area contributed by atoms with Gasteiger partial charge in [0.1, 0.15) is 5.75 Å². The van der Waals surface area contributed by atoms with Crippen LogP contribution in [0.3, 0.4) is 0 Å². The molecule has 1 heterocycles. The number of aryl methyl sites for hydroxylation is 1. The van der Waals surface area contributed by atoms with Gasteiger partial charge in [0.05, 0.1) is 18.9 Å². The molecule has 158 valence electrons. The Labute approximate surface area is 182 Å². The molecule has 7 heteroatoms. The van der Waals surface area contributed by atoms with Gasteiger partial charge in [0.25, 0.3) is 0 Å². The van der Waals surface area contributed by atoms with Crippen molar-refractivity contribution in [1.29, 1.82) is 0 Å². The molecule has 3 rings (SSSR count). The van der Waals surface area contributed by atoms with Crippen molar-refractivity contribution in [3.8, 4) is 17.1 Å². The highest BCUT2D eigenvalue weighted by Crippen LogP contribution is 2.26. The molecule has 0 aliphatic rings. The number of ether oxygens (including phenoxy) is 1. The molecular weight excluding hydrogens is 396 g/mol. The van der Waals surface area contributed by atoms with Gasteiger partial charge in [-0.15, -0.1) is 10.2 Å². The molecule has 2 aromatic carbocycles. The lowest BCUT2D eigenvalue weighted by molar-refractivity contribution is -0.119. The first-order valence-corrected chi connectivity index (χ1v) is 11.1. The number of aromatic nitrogens is 3. The zero-order valence-corrected chi connectivity index (χ0v) is 18.7. The Kier molecular flexibility index (Phi) is 7.52. The van der Waals surface area contributed by atoms with Crippen LogP contribution in [0, 0.1) is 6.92 Å². The molecule has 0 unspecified atom stereocenters. The SMILES string of the molecule is CC[C@H](NC(=O)CSc1nnc(-c2ccc(OC)cc2)n1CC)c1ccc(C)cc1. The van der Waals surface area contributed by atoms with Crippen LogP contribution < -0.4 is 10.1 Å². The zero-order valence-electron chi connectivity index (χ0n) is 17.9. The van der Waals surface area contributed by atoms with Crippen molar-refractivity contribution in [2.24, 2.45) is 0 Å². The van der Waals surface area contributed by atoms with Gasteiger partial charge >= 0.3 is 0 Å². The van der Waals surface area contributed by atoms with Gasteiger partial charge < -0.3 is 14.6 Å². The average Bonchev–Trinajstić information content (AvgIpc) is 3.19. The lowest BCUT2D eigenvalue weighted by atomic mass is 10.0. The number of nitrogens with one attached hydrogen (secondary N) is 1. The fourth-order valence-electron chi connectivity index (χ4n) is 3.22. The minimum absolute atomic E-state index is 0.0101. The molecule has 30 heavy (non-hydrogen) atoms. The summed E-state index contributed by atoms with van der Waals surface area (Å²) in [7, 11) is 1.64. The van der Waals surface area contributed by atoms with Gasteiger partial charge in [-0.05, 0) is 50.1 Å². The van der Waals surface area contributed by atoms with Crippen molar-refractivity contribution in [3.63, 3.8) is 0 Å². The number of carbonyl (C=O) groups is 1. The Bertz CT molecular complexity index is 968. The van der Waals surface area contributed by atoms with Crippen molar-refractivity contribution < 1.29 is 9.53 Å². The first kappa shape index (κ1) is 21.9. The highest BCUT2D eigenvalue weighted by molar-refractivity contribution is 7.99. The smallest absolute Gasteiger partial charge is 0.230 e. The van der Waals surface area contributed by atoms with E-state index >= 15 is 0 Å². The topological polar surface area (TPSA) is 69.0 Å². The molecular formula is C23H28N4O2S. The first-order valence-electron chi connectivity index (χ1n) is 10.1. The maximum absolute atomic E-state index is 12.6. The van der Waals surface area contributed by atoms with Gasteiger partial charge in [0, 0.05) is 12.1 Å². The number of thioether (sulfide) groups is 1. The molecule has 1 atom stereocenters. The number of amides is 1. The number of nitrogens with zero attached hydrogens (tertiary/aromatic N) is 3. The molecule has 0 saturated carbocycles. The summed E-state index contributed by atoms with van der Waals surface area (Å²) in [4.78, 5) is 12.6. The standard InChI is InChI=1S/C23H28N4O2S/c1-5-20(17-9-7-16(3)8-10-17)24-21(28)15-30-23-26-25-22(27(23)6-2)18-11-13-19(29-4)14-12-18/h7-14,20H,5-6,15H2,1-4H3,(H,24,28)/t20-/m0/s1. The van der Waals surface area contributed by atoms with Crippen LogP contribution in [0.4, 0.5) is 0 Å². The second-order valence-electron chi connectivity index (χ2n) is 7.01. The molecule has 1 N–H and O–H groups in total. The molecule has 3 aromatic rings. The fraction of sp³-hybridized carbons (Fsp3) is 0.348. The van der Waals surface area contributed by atoms with Crippen LogP contribution in [0.1, 0.15) is 37.4 Å². The summed E-state index contributed by atoms with van der Waals surface area (Å²) < 4.78 is 7.24. The van der Waals surface area contributed by atoms with Crippen LogP contribution in [0.2, 0.25) is 0 Å². The molecule has 0 aliphatic heterocycles. The lowest BCUT2D eigenvalue weighted by Gasteiger charge is -2.17. The number of hydrogen-bond acceptors (Lipinski definition) is 5. The minimum Gasteiger partial charge on any atom is -0.497 e. The highest BCUT2D eigenvalue weighted by atomic mass is 32.2. The molecule has 0 radical (unpaired) electrons. The van der Waals surface area contributed by atoms with Crippen molar-refractivity contribution in [1.82, 2.24) is 20.1 Å². The molecule has 1 amide bonds. The van der Waals surface area contributed by atoms with E-state index in [1.165, 1.54) is 17.3 Å². The Balaban J connectivity index is 1.65. The van der Waals surface area contributed by atoms with Gasteiger partial charge in [0.15, 0.2) is 11.0 Å². The third-order valence-electron chi connectivity index (χ3n) is 4.94. The van der Waals surface area contributed by atoms with Gasteiger partial charge in [-0.25, -0.2) is 0 Å². The van der Waals surface area contributed by atoms with E-state index in [0.29, 0.717) is 5.75 Å². The number of carbonyl (C=O) groups excluding carboxylic acids is 1. The average molecular weight is 425 g/mol. The van der Waals surface area contributed by atoms with E-state index < -0.39 is 0 Å². The van der Waals surface area contributed by atoms with Gasteiger partial charge in [-0.1, -0.05) is 48.5 Å². The summed E-state index contributed by atoms with van der Waals surface area (Å²) >= 11 is 1.41. The van der Waals surface area contributed by atoms with E-state index in [4.69, 9.17) is 4.74 Å². The van der Waals surface area contributed by atoms with Crippen LogP contribution in [0.15, 0.2) is 53.7 Å². The van der Waals surface area contributed by atoms with Crippen molar-refractivity contribution in [2.45, 2.75) is 44.9 Å². The van der Waals surface area contributed by atoms with Crippen molar-refractivity contribution in [3.05, 3.63) is 59.7 Å². The molecule has 0 saturated heterocycles. The summed E-state index contributed by atoms with van der Waals surface area (Å²) in [5.41, 5.74) is 3.30. The quantitative estimate of drug-likeness (QED) is 0.507. The number of hydrogen-bond donors (Lipinski definition) is 1. The van der Waals surface area contributed by atoms with Crippen molar-refractivity contribution in [2.75, 3.05) is 12.9 Å². The van der Waals surface area contributed by atoms with Crippen LogP contribution in [-0.4, -0.2) is 33.5 Å². The second kappa shape index (κ2) is 10.3. The summed E-state index contributed by atoms with van der Waals surface area (Å²) in [5, 5.41) is 12.5. The summed E-state index contributed by atoms with van der Waals surface area (Å²) in [6.07, 6.45) is 0.840. The van der Waals surface area contributed by atoms with E-state index in [2.05, 4.69) is 53.6 Å². The summed E-state index contributed by atoms with van der Waals surface area (Å²) in [6, 6.07) is 16.0. The van der Waals surface area contributed by atoms with E-state index in [-0.39, 0.29) is 11.9 Å².